The van der Waals surface area contributed by atoms with Crippen molar-refractivity contribution in [2.24, 2.45) is 0 Å². The number of halogens is 1. The number of carbonyl (C=O) groups excluding carboxylic acids is 1. The molecule has 3 aromatic carbocycles. The van der Waals surface area contributed by atoms with Crippen molar-refractivity contribution < 1.29 is 14.5 Å². The first-order chi connectivity index (χ1) is 11.5. The molecule has 6 heteroatoms. The van der Waals surface area contributed by atoms with Gasteiger partial charge in [0.2, 0.25) is 0 Å². The van der Waals surface area contributed by atoms with Gasteiger partial charge in [-0.15, -0.1) is 0 Å². The molecule has 0 saturated heterocycles. The SMILES string of the molecule is O=C(OCc1ccc2ccccc2c1)c1ccc([N+](=O)[O-])cc1Cl. The lowest BCUT2D eigenvalue weighted by atomic mass is 10.1. The highest BCUT2D eigenvalue weighted by molar-refractivity contribution is 6.33. The first-order valence-electron chi connectivity index (χ1n) is 7.13. The van der Waals surface area contributed by atoms with E-state index in [4.69, 9.17) is 16.3 Å². The third kappa shape index (κ3) is 3.36. The lowest BCUT2D eigenvalue weighted by Crippen LogP contribution is -2.06. The second-order valence-corrected chi connectivity index (χ2v) is 5.59. The van der Waals surface area contributed by atoms with E-state index in [-0.39, 0.29) is 22.9 Å². The number of non-ortho nitro benzene ring substituents is 1. The van der Waals surface area contributed by atoms with E-state index in [1.54, 1.807) is 0 Å². The number of carbonyl (C=O) groups is 1. The molecule has 0 radical (unpaired) electrons. The first kappa shape index (κ1) is 16.0. The highest BCUT2D eigenvalue weighted by Gasteiger charge is 2.16. The van der Waals surface area contributed by atoms with Gasteiger partial charge in [0.15, 0.2) is 0 Å². The lowest BCUT2D eigenvalue weighted by Gasteiger charge is -2.07. The van der Waals surface area contributed by atoms with E-state index in [0.717, 1.165) is 22.4 Å². The van der Waals surface area contributed by atoms with Gasteiger partial charge in [-0.3, -0.25) is 10.1 Å². The van der Waals surface area contributed by atoms with Crippen molar-refractivity contribution in [3.05, 3.63) is 86.9 Å². The van der Waals surface area contributed by atoms with Gasteiger partial charge in [-0.2, -0.15) is 0 Å². The zero-order chi connectivity index (χ0) is 17.1. The molecule has 0 N–H and O–H groups in total. The predicted octanol–water partition coefficient (Wildman–Crippen LogP) is 4.76. The Morgan fingerprint density at radius 2 is 1.79 bits per heavy atom. The number of nitro benzene ring substituents is 1. The fourth-order valence-corrected chi connectivity index (χ4v) is 2.59. The summed E-state index contributed by atoms with van der Waals surface area (Å²) in [5.41, 5.74) is 0.772. The van der Waals surface area contributed by atoms with Crippen molar-refractivity contribution >= 4 is 34.0 Å². The summed E-state index contributed by atoms with van der Waals surface area (Å²) in [6.07, 6.45) is 0. The van der Waals surface area contributed by atoms with Crippen molar-refractivity contribution in [1.82, 2.24) is 0 Å². The molecule has 0 heterocycles. The topological polar surface area (TPSA) is 69.4 Å². The van der Waals surface area contributed by atoms with Gasteiger partial charge in [0.1, 0.15) is 6.61 Å². The minimum Gasteiger partial charge on any atom is -0.457 e. The number of hydrogen-bond donors (Lipinski definition) is 0. The molecule has 0 saturated carbocycles. The molecule has 0 atom stereocenters. The van der Waals surface area contributed by atoms with E-state index in [0.29, 0.717) is 0 Å². The van der Waals surface area contributed by atoms with E-state index in [1.165, 1.54) is 12.1 Å². The van der Waals surface area contributed by atoms with Crippen molar-refractivity contribution in [3.8, 4) is 0 Å². The van der Waals surface area contributed by atoms with Gasteiger partial charge in [0, 0.05) is 12.1 Å². The molecule has 0 aliphatic heterocycles. The molecule has 0 unspecified atom stereocenters. The maximum absolute atomic E-state index is 12.1. The molecular weight excluding hydrogens is 330 g/mol. The molecule has 0 amide bonds. The van der Waals surface area contributed by atoms with Crippen LogP contribution in [0.5, 0.6) is 0 Å². The normalized spacial score (nSPS) is 10.5. The molecule has 0 aliphatic rings. The van der Waals surface area contributed by atoms with Crippen LogP contribution in [0.25, 0.3) is 10.8 Å². The summed E-state index contributed by atoms with van der Waals surface area (Å²) in [6.45, 7) is 0.0942. The summed E-state index contributed by atoms with van der Waals surface area (Å²) < 4.78 is 5.25. The monoisotopic (exact) mass is 341 g/mol. The number of rotatable bonds is 4. The number of ether oxygens (including phenoxy) is 1. The van der Waals surface area contributed by atoms with Gasteiger partial charge < -0.3 is 4.74 Å². The summed E-state index contributed by atoms with van der Waals surface area (Å²) in [5, 5.41) is 12.8. The number of esters is 1. The maximum Gasteiger partial charge on any atom is 0.339 e. The van der Waals surface area contributed by atoms with Crippen LogP contribution in [0.3, 0.4) is 0 Å². The maximum atomic E-state index is 12.1. The van der Waals surface area contributed by atoms with Crippen molar-refractivity contribution in [1.29, 1.82) is 0 Å². The van der Waals surface area contributed by atoms with Gasteiger partial charge in [0.05, 0.1) is 15.5 Å². The summed E-state index contributed by atoms with van der Waals surface area (Å²) in [4.78, 5) is 22.2. The van der Waals surface area contributed by atoms with Gasteiger partial charge in [0.25, 0.3) is 5.69 Å². The molecule has 0 fully saturated rings. The highest BCUT2D eigenvalue weighted by atomic mass is 35.5. The Bertz CT molecular complexity index is 939. The molecule has 0 aromatic heterocycles. The molecule has 0 bridgehead atoms. The van der Waals surface area contributed by atoms with Crippen LogP contribution in [-0.4, -0.2) is 10.9 Å². The van der Waals surface area contributed by atoms with Crippen molar-refractivity contribution in [2.45, 2.75) is 6.61 Å². The Morgan fingerprint density at radius 1 is 1.04 bits per heavy atom. The van der Waals surface area contributed by atoms with Crippen LogP contribution >= 0.6 is 11.6 Å². The number of benzene rings is 3. The summed E-state index contributed by atoms with van der Waals surface area (Å²) >= 11 is 5.92. The molecule has 3 rings (SSSR count). The van der Waals surface area contributed by atoms with Gasteiger partial charge in [-0.25, -0.2) is 4.79 Å². The fraction of sp³-hybridized carbons (Fsp3) is 0.0556. The first-order valence-corrected chi connectivity index (χ1v) is 7.51. The zero-order valence-electron chi connectivity index (χ0n) is 12.4. The van der Waals surface area contributed by atoms with Crippen LogP contribution in [0, 0.1) is 10.1 Å². The fourth-order valence-electron chi connectivity index (χ4n) is 2.34. The molecule has 120 valence electrons. The average molecular weight is 342 g/mol. The molecule has 5 nitrogen and oxygen atoms in total. The number of nitrogens with zero attached hydrogens (tertiary/aromatic N) is 1. The van der Waals surface area contributed by atoms with E-state index in [1.807, 2.05) is 42.5 Å². The summed E-state index contributed by atoms with van der Waals surface area (Å²) in [6, 6.07) is 17.3. The standard InChI is InChI=1S/C18H12ClNO4/c19-17-10-15(20(22)23)7-8-16(17)18(21)24-11-12-5-6-13-3-1-2-4-14(13)9-12/h1-10H,11H2. The van der Waals surface area contributed by atoms with E-state index < -0.39 is 10.9 Å². The van der Waals surface area contributed by atoms with Crippen LogP contribution in [0.2, 0.25) is 5.02 Å². The van der Waals surface area contributed by atoms with Crippen LogP contribution in [0.1, 0.15) is 15.9 Å². The Labute approximate surface area is 142 Å². The molecule has 3 aromatic rings. The third-order valence-corrected chi connectivity index (χ3v) is 3.88. The largest absolute Gasteiger partial charge is 0.457 e. The zero-order valence-corrected chi connectivity index (χ0v) is 13.2. The number of hydrogen-bond acceptors (Lipinski definition) is 4. The van der Waals surface area contributed by atoms with Crippen LogP contribution in [0.15, 0.2) is 60.7 Å². The van der Waals surface area contributed by atoms with Crippen LogP contribution < -0.4 is 0 Å². The van der Waals surface area contributed by atoms with Crippen molar-refractivity contribution in [2.75, 3.05) is 0 Å². The Hall–Kier alpha value is -2.92. The van der Waals surface area contributed by atoms with Gasteiger partial charge >= 0.3 is 5.97 Å². The average Bonchev–Trinajstić information content (AvgIpc) is 2.59. The molecular formula is C18H12ClNO4. The Morgan fingerprint density at radius 3 is 2.50 bits per heavy atom. The summed E-state index contributed by atoms with van der Waals surface area (Å²) in [5.74, 6) is -0.622. The Balaban J connectivity index is 1.73. The lowest BCUT2D eigenvalue weighted by molar-refractivity contribution is -0.384. The Kier molecular flexibility index (Phi) is 4.44. The number of nitro groups is 1. The molecule has 0 aliphatic carbocycles. The van der Waals surface area contributed by atoms with E-state index >= 15 is 0 Å². The van der Waals surface area contributed by atoms with Gasteiger partial charge in [-0.1, -0.05) is 48.0 Å². The summed E-state index contributed by atoms with van der Waals surface area (Å²) in [7, 11) is 0. The van der Waals surface area contributed by atoms with Crippen LogP contribution in [-0.2, 0) is 11.3 Å². The molecule has 24 heavy (non-hydrogen) atoms. The number of fused-ring (bicyclic) bond motifs is 1. The van der Waals surface area contributed by atoms with Gasteiger partial charge in [-0.05, 0) is 28.5 Å². The van der Waals surface area contributed by atoms with Crippen LogP contribution in [0.4, 0.5) is 5.69 Å². The molecule has 0 spiro atoms. The second kappa shape index (κ2) is 6.68. The quantitative estimate of drug-likeness (QED) is 0.390. The van der Waals surface area contributed by atoms with E-state index in [9.17, 15) is 14.9 Å². The minimum absolute atomic E-state index is 0.00675. The van der Waals surface area contributed by atoms with Crippen molar-refractivity contribution in [3.63, 3.8) is 0 Å². The highest BCUT2D eigenvalue weighted by Crippen LogP contribution is 2.23. The van der Waals surface area contributed by atoms with E-state index in [2.05, 4.69) is 0 Å². The minimum atomic E-state index is -0.622. The second-order valence-electron chi connectivity index (χ2n) is 5.18. The predicted molar refractivity (Wildman–Crippen MR) is 91.2 cm³/mol. The smallest absolute Gasteiger partial charge is 0.339 e. The third-order valence-electron chi connectivity index (χ3n) is 3.57.